The average molecular weight is 290 g/mol. The normalized spacial score (nSPS) is 26.9. The Bertz CT molecular complexity index is 268. The number of alkyl halides is 3. The molecular formula is C9H15Cl3N2O2. The highest BCUT2D eigenvalue weighted by molar-refractivity contribution is 6.68. The van der Waals surface area contributed by atoms with Gasteiger partial charge in [0.2, 0.25) is 3.79 Å². The molecule has 1 amide bonds. The van der Waals surface area contributed by atoms with E-state index in [4.69, 9.17) is 39.5 Å². The first-order chi connectivity index (χ1) is 7.23. The van der Waals surface area contributed by atoms with Crippen molar-refractivity contribution < 1.29 is 9.53 Å². The molecule has 0 aromatic heterocycles. The third-order valence-electron chi connectivity index (χ3n) is 2.32. The van der Waals surface area contributed by atoms with Crippen LogP contribution in [0.25, 0.3) is 0 Å². The van der Waals surface area contributed by atoms with Crippen molar-refractivity contribution in [1.82, 2.24) is 9.80 Å². The van der Waals surface area contributed by atoms with Crippen LogP contribution in [0.3, 0.4) is 0 Å². The van der Waals surface area contributed by atoms with Crippen molar-refractivity contribution >= 4 is 40.7 Å². The molecule has 0 spiro atoms. The molecule has 1 aliphatic rings. The van der Waals surface area contributed by atoms with E-state index in [1.54, 1.807) is 6.92 Å². The number of halogens is 3. The maximum absolute atomic E-state index is 11.8. The number of amides is 1. The van der Waals surface area contributed by atoms with E-state index in [1.807, 2.05) is 19.0 Å². The van der Waals surface area contributed by atoms with E-state index < -0.39 is 16.1 Å². The second-order valence-corrected chi connectivity index (χ2v) is 6.38. The SMILES string of the molecule is C[C@@H]1O[C@@H](C(Cl)(Cl)Cl)N(CCN(C)C)C1=O. The minimum Gasteiger partial charge on any atom is -0.341 e. The van der Waals surface area contributed by atoms with Crippen LogP contribution in [0.5, 0.6) is 0 Å². The predicted molar refractivity (Wildman–Crippen MR) is 64.9 cm³/mol. The van der Waals surface area contributed by atoms with E-state index in [-0.39, 0.29) is 5.91 Å². The Morgan fingerprint density at radius 2 is 2.00 bits per heavy atom. The van der Waals surface area contributed by atoms with Gasteiger partial charge in [0.1, 0.15) is 6.10 Å². The highest BCUT2D eigenvalue weighted by Crippen LogP contribution is 2.38. The van der Waals surface area contributed by atoms with Gasteiger partial charge in [-0.25, -0.2) is 0 Å². The number of carbonyl (C=O) groups is 1. The molecule has 1 saturated heterocycles. The van der Waals surface area contributed by atoms with Gasteiger partial charge in [-0.2, -0.15) is 0 Å². The maximum atomic E-state index is 11.8. The Hall–Kier alpha value is 0.260. The molecule has 2 atom stereocenters. The third kappa shape index (κ3) is 3.37. The van der Waals surface area contributed by atoms with Crippen LogP contribution in [0, 0.1) is 0 Å². The van der Waals surface area contributed by atoms with Gasteiger partial charge in [0.25, 0.3) is 5.91 Å². The summed E-state index contributed by atoms with van der Waals surface area (Å²) in [4.78, 5) is 15.2. The second-order valence-electron chi connectivity index (χ2n) is 4.01. The lowest BCUT2D eigenvalue weighted by molar-refractivity contribution is -0.130. The zero-order valence-electron chi connectivity index (χ0n) is 9.41. The highest BCUT2D eigenvalue weighted by Gasteiger charge is 2.48. The Morgan fingerprint density at radius 3 is 2.44 bits per heavy atom. The van der Waals surface area contributed by atoms with E-state index in [0.717, 1.165) is 0 Å². The van der Waals surface area contributed by atoms with E-state index >= 15 is 0 Å². The lowest BCUT2D eigenvalue weighted by Crippen LogP contribution is -2.45. The first-order valence-corrected chi connectivity index (χ1v) is 6.04. The fourth-order valence-corrected chi connectivity index (χ4v) is 1.97. The first-order valence-electron chi connectivity index (χ1n) is 4.91. The van der Waals surface area contributed by atoms with Gasteiger partial charge >= 0.3 is 0 Å². The molecule has 0 unspecified atom stereocenters. The molecule has 0 aliphatic carbocycles. The molecule has 16 heavy (non-hydrogen) atoms. The molecule has 0 N–H and O–H groups in total. The topological polar surface area (TPSA) is 32.8 Å². The zero-order valence-corrected chi connectivity index (χ0v) is 11.7. The minimum atomic E-state index is -1.62. The number of ether oxygens (including phenoxy) is 1. The van der Waals surface area contributed by atoms with Crippen molar-refractivity contribution in [2.24, 2.45) is 0 Å². The Kier molecular flexibility index (Phi) is 4.72. The van der Waals surface area contributed by atoms with Crippen LogP contribution < -0.4 is 0 Å². The lowest BCUT2D eigenvalue weighted by Gasteiger charge is -2.29. The van der Waals surface area contributed by atoms with Gasteiger partial charge in [-0.3, -0.25) is 4.79 Å². The Morgan fingerprint density at radius 1 is 1.44 bits per heavy atom. The first kappa shape index (κ1) is 14.3. The fraction of sp³-hybridized carbons (Fsp3) is 0.889. The average Bonchev–Trinajstić information content (AvgIpc) is 2.40. The van der Waals surface area contributed by atoms with Crippen LogP contribution in [-0.2, 0) is 9.53 Å². The molecule has 1 heterocycles. The summed E-state index contributed by atoms with van der Waals surface area (Å²) in [5, 5.41) is 0. The summed E-state index contributed by atoms with van der Waals surface area (Å²) in [6.07, 6.45) is -1.36. The monoisotopic (exact) mass is 288 g/mol. The quantitative estimate of drug-likeness (QED) is 0.738. The molecule has 0 saturated carbocycles. The van der Waals surface area contributed by atoms with Gasteiger partial charge in [0.15, 0.2) is 6.23 Å². The summed E-state index contributed by atoms with van der Waals surface area (Å²) in [5.41, 5.74) is 0. The van der Waals surface area contributed by atoms with E-state index in [9.17, 15) is 4.79 Å². The van der Waals surface area contributed by atoms with Crippen molar-refractivity contribution in [3.8, 4) is 0 Å². The van der Waals surface area contributed by atoms with Crippen molar-refractivity contribution in [3.05, 3.63) is 0 Å². The highest BCUT2D eigenvalue weighted by atomic mass is 35.6. The fourth-order valence-electron chi connectivity index (χ4n) is 1.46. The van der Waals surface area contributed by atoms with E-state index in [2.05, 4.69) is 0 Å². The minimum absolute atomic E-state index is 0.141. The van der Waals surface area contributed by atoms with Gasteiger partial charge in [-0.15, -0.1) is 0 Å². The van der Waals surface area contributed by atoms with Crippen LogP contribution in [0.1, 0.15) is 6.92 Å². The van der Waals surface area contributed by atoms with Gasteiger partial charge in [0, 0.05) is 13.1 Å². The number of hydrogen-bond donors (Lipinski definition) is 0. The molecular weight excluding hydrogens is 274 g/mol. The smallest absolute Gasteiger partial charge is 0.253 e. The zero-order chi connectivity index (χ0) is 12.5. The Labute approximate surface area is 110 Å². The number of rotatable bonds is 3. The molecule has 94 valence electrons. The van der Waals surface area contributed by atoms with Crippen LogP contribution >= 0.6 is 34.8 Å². The molecule has 0 bridgehead atoms. The molecule has 7 heteroatoms. The van der Waals surface area contributed by atoms with E-state index in [1.165, 1.54) is 4.90 Å². The summed E-state index contributed by atoms with van der Waals surface area (Å²) in [7, 11) is 3.82. The van der Waals surface area contributed by atoms with Crippen LogP contribution in [-0.4, -0.2) is 59.0 Å². The van der Waals surface area contributed by atoms with Crippen LogP contribution in [0.15, 0.2) is 0 Å². The van der Waals surface area contributed by atoms with Gasteiger partial charge < -0.3 is 14.5 Å². The molecule has 1 fully saturated rings. The summed E-state index contributed by atoms with van der Waals surface area (Å²) in [6.45, 7) is 2.83. The van der Waals surface area contributed by atoms with E-state index in [0.29, 0.717) is 13.1 Å². The van der Waals surface area contributed by atoms with Crippen molar-refractivity contribution in [2.75, 3.05) is 27.2 Å². The Balaban J connectivity index is 2.72. The van der Waals surface area contributed by atoms with Crippen molar-refractivity contribution in [1.29, 1.82) is 0 Å². The third-order valence-corrected chi connectivity index (χ3v) is 2.88. The number of likely N-dealkylation sites (N-methyl/N-ethyl adjacent to an activating group) is 1. The molecule has 0 aromatic carbocycles. The second kappa shape index (κ2) is 5.27. The maximum Gasteiger partial charge on any atom is 0.253 e. The summed E-state index contributed by atoms with van der Waals surface area (Å²) >= 11 is 17.3. The number of hydrogen-bond acceptors (Lipinski definition) is 3. The summed E-state index contributed by atoms with van der Waals surface area (Å²) in [5.74, 6) is -0.141. The molecule has 4 nitrogen and oxygen atoms in total. The van der Waals surface area contributed by atoms with Gasteiger partial charge in [-0.1, -0.05) is 34.8 Å². The summed E-state index contributed by atoms with van der Waals surface area (Å²) in [6, 6.07) is 0. The van der Waals surface area contributed by atoms with Gasteiger partial charge in [0.05, 0.1) is 0 Å². The molecule has 1 rings (SSSR count). The molecule has 0 aromatic rings. The predicted octanol–water partition coefficient (Wildman–Crippen LogP) is 1.49. The van der Waals surface area contributed by atoms with Crippen LogP contribution in [0.4, 0.5) is 0 Å². The number of nitrogens with zero attached hydrogens (tertiary/aromatic N) is 2. The summed E-state index contributed by atoms with van der Waals surface area (Å²) < 4.78 is 3.73. The molecule has 1 aliphatic heterocycles. The van der Waals surface area contributed by atoms with Crippen molar-refractivity contribution in [3.63, 3.8) is 0 Å². The van der Waals surface area contributed by atoms with Crippen LogP contribution in [0.2, 0.25) is 0 Å². The lowest BCUT2D eigenvalue weighted by atomic mass is 10.3. The standard InChI is InChI=1S/C9H15Cl3N2O2/c1-6-7(15)14(5-4-13(2)3)8(16-6)9(10,11)12/h6,8H,4-5H2,1-3H3/t6-,8-/m0/s1. The number of carbonyl (C=O) groups excluding carboxylic acids is 1. The largest absolute Gasteiger partial charge is 0.341 e. The molecule has 0 radical (unpaired) electrons. The van der Waals surface area contributed by atoms with Gasteiger partial charge in [-0.05, 0) is 21.0 Å². The van der Waals surface area contributed by atoms with Crippen molar-refractivity contribution in [2.45, 2.75) is 23.0 Å².